The number of benzene rings is 2. The standard InChI is InChI=1S/C31H37F4NO3/c1-17(2)23-13-24(27(38-7)14-26(23)32)25-15-30(5,6)9-8-20(25)16-36-19(4)28(39-29(36)37)21-10-18(3)11-22(12-21)31(33,34)35/h10-14,17,19,28H,8-9,15-16H2,1-7H3/t19-,28-/m0/s1. The van der Waals surface area contributed by atoms with Gasteiger partial charge < -0.3 is 9.47 Å². The van der Waals surface area contributed by atoms with Crippen LogP contribution in [0, 0.1) is 18.2 Å². The van der Waals surface area contributed by atoms with Gasteiger partial charge >= 0.3 is 12.3 Å². The van der Waals surface area contributed by atoms with Gasteiger partial charge in [0.15, 0.2) is 0 Å². The Bertz CT molecular complexity index is 1300. The van der Waals surface area contributed by atoms with Crippen LogP contribution >= 0.6 is 0 Å². The van der Waals surface area contributed by atoms with Gasteiger partial charge in [0.2, 0.25) is 0 Å². The SMILES string of the molecule is COc1cc(F)c(C(C)C)cc1C1=C(CN2C(=O)O[C@H](c3cc(C)cc(C(F)(F)F)c3)[C@@H]2C)CCC(C)(C)C1. The van der Waals surface area contributed by atoms with Gasteiger partial charge in [-0.1, -0.05) is 39.3 Å². The molecule has 0 bridgehead atoms. The number of allylic oxidation sites excluding steroid dienone is 1. The summed E-state index contributed by atoms with van der Waals surface area (Å²) in [5.74, 6) is 0.0933. The second kappa shape index (κ2) is 10.5. The number of nitrogens with zero attached hydrogens (tertiary/aromatic N) is 1. The molecule has 0 aromatic heterocycles. The van der Waals surface area contributed by atoms with Crippen LogP contribution in [0.4, 0.5) is 22.4 Å². The highest BCUT2D eigenvalue weighted by molar-refractivity contribution is 5.77. The van der Waals surface area contributed by atoms with Gasteiger partial charge in [-0.3, -0.25) is 4.90 Å². The molecule has 0 unspecified atom stereocenters. The van der Waals surface area contributed by atoms with Gasteiger partial charge in [-0.25, -0.2) is 9.18 Å². The maximum absolute atomic E-state index is 14.8. The molecule has 1 saturated heterocycles. The third-order valence-electron chi connectivity index (χ3n) is 7.96. The van der Waals surface area contributed by atoms with Crippen LogP contribution in [-0.2, 0) is 10.9 Å². The number of hydrogen-bond acceptors (Lipinski definition) is 3. The van der Waals surface area contributed by atoms with Crippen LogP contribution in [0.5, 0.6) is 5.75 Å². The number of cyclic esters (lactones) is 1. The minimum absolute atomic E-state index is 0.00848. The zero-order chi connectivity index (χ0) is 28.9. The van der Waals surface area contributed by atoms with E-state index in [-0.39, 0.29) is 23.7 Å². The quantitative estimate of drug-likeness (QED) is 0.339. The lowest BCUT2D eigenvalue weighted by atomic mass is 9.72. The van der Waals surface area contributed by atoms with E-state index >= 15 is 0 Å². The number of methoxy groups -OCH3 is 1. The van der Waals surface area contributed by atoms with Crippen molar-refractivity contribution in [2.75, 3.05) is 13.7 Å². The van der Waals surface area contributed by atoms with Crippen LogP contribution in [-0.4, -0.2) is 30.7 Å². The molecule has 39 heavy (non-hydrogen) atoms. The molecule has 0 N–H and O–H groups in total. The van der Waals surface area contributed by atoms with Crippen molar-refractivity contribution < 1.29 is 31.8 Å². The maximum Gasteiger partial charge on any atom is 0.416 e. The van der Waals surface area contributed by atoms with Gasteiger partial charge in [0.05, 0.1) is 18.7 Å². The predicted molar refractivity (Wildman–Crippen MR) is 143 cm³/mol. The second-order valence-electron chi connectivity index (χ2n) is 12.0. The van der Waals surface area contributed by atoms with E-state index < -0.39 is 30.0 Å². The molecular weight excluding hydrogens is 510 g/mol. The molecule has 2 aliphatic rings. The van der Waals surface area contributed by atoms with E-state index in [1.807, 2.05) is 19.9 Å². The van der Waals surface area contributed by atoms with Crippen LogP contribution < -0.4 is 4.74 Å². The minimum Gasteiger partial charge on any atom is -0.496 e. The summed E-state index contributed by atoms with van der Waals surface area (Å²) in [6.45, 7) is 11.9. The highest BCUT2D eigenvalue weighted by Crippen LogP contribution is 2.47. The van der Waals surface area contributed by atoms with Crippen molar-refractivity contribution in [1.29, 1.82) is 0 Å². The molecule has 4 rings (SSSR count). The Morgan fingerprint density at radius 2 is 1.85 bits per heavy atom. The molecule has 2 aromatic rings. The molecule has 2 aromatic carbocycles. The number of ether oxygens (including phenoxy) is 2. The topological polar surface area (TPSA) is 38.8 Å². The normalized spacial score (nSPS) is 21.5. The average Bonchev–Trinajstić information content (AvgIpc) is 3.11. The summed E-state index contributed by atoms with van der Waals surface area (Å²) in [5, 5.41) is 0. The van der Waals surface area contributed by atoms with E-state index in [1.54, 1.807) is 24.8 Å². The lowest BCUT2D eigenvalue weighted by Crippen LogP contribution is -2.35. The van der Waals surface area contributed by atoms with E-state index in [0.717, 1.165) is 48.1 Å². The summed E-state index contributed by atoms with van der Waals surface area (Å²) in [4.78, 5) is 14.7. The highest BCUT2D eigenvalue weighted by atomic mass is 19.4. The number of carbonyl (C=O) groups excluding carboxylic acids is 1. The van der Waals surface area contributed by atoms with Crippen molar-refractivity contribution in [2.24, 2.45) is 5.41 Å². The Morgan fingerprint density at radius 3 is 2.46 bits per heavy atom. The van der Waals surface area contributed by atoms with E-state index in [0.29, 0.717) is 22.4 Å². The van der Waals surface area contributed by atoms with Gasteiger partial charge in [-0.15, -0.1) is 0 Å². The predicted octanol–water partition coefficient (Wildman–Crippen LogP) is 8.83. The van der Waals surface area contributed by atoms with E-state index in [4.69, 9.17) is 9.47 Å². The molecule has 0 saturated carbocycles. The lowest BCUT2D eigenvalue weighted by Gasteiger charge is -2.36. The Balaban J connectivity index is 1.73. The van der Waals surface area contributed by atoms with Gasteiger partial charge in [0, 0.05) is 18.2 Å². The number of aryl methyl sites for hydroxylation is 1. The summed E-state index contributed by atoms with van der Waals surface area (Å²) in [6, 6.07) is 6.59. The Kier molecular flexibility index (Phi) is 7.80. The molecule has 1 aliphatic heterocycles. The number of amides is 1. The number of rotatable bonds is 6. The fraction of sp³-hybridized carbons (Fsp3) is 0.516. The zero-order valence-electron chi connectivity index (χ0n) is 23.6. The number of carbonyl (C=O) groups is 1. The number of alkyl halides is 3. The molecule has 1 fully saturated rings. The molecule has 2 atom stereocenters. The van der Waals surface area contributed by atoms with Crippen molar-refractivity contribution in [1.82, 2.24) is 4.90 Å². The van der Waals surface area contributed by atoms with Crippen LogP contribution in [0.25, 0.3) is 5.57 Å². The van der Waals surface area contributed by atoms with Crippen molar-refractivity contribution in [3.05, 3.63) is 69.5 Å². The largest absolute Gasteiger partial charge is 0.496 e. The van der Waals surface area contributed by atoms with Crippen LogP contribution in [0.15, 0.2) is 35.9 Å². The average molecular weight is 548 g/mol. The molecule has 0 spiro atoms. The van der Waals surface area contributed by atoms with Crippen LogP contribution in [0.3, 0.4) is 0 Å². The van der Waals surface area contributed by atoms with Gasteiger partial charge in [0.25, 0.3) is 0 Å². The van der Waals surface area contributed by atoms with E-state index in [2.05, 4.69) is 13.8 Å². The molecule has 8 heteroatoms. The zero-order valence-corrected chi connectivity index (χ0v) is 23.6. The molecule has 1 amide bonds. The minimum atomic E-state index is -4.50. The molecule has 4 nitrogen and oxygen atoms in total. The first-order chi connectivity index (χ1) is 18.1. The molecule has 212 valence electrons. The first-order valence-electron chi connectivity index (χ1n) is 13.4. The second-order valence-corrected chi connectivity index (χ2v) is 12.0. The number of halogens is 4. The molecule has 1 heterocycles. The summed E-state index contributed by atoms with van der Waals surface area (Å²) >= 11 is 0. The fourth-order valence-corrected chi connectivity index (χ4v) is 5.72. The lowest BCUT2D eigenvalue weighted by molar-refractivity contribution is -0.137. The highest BCUT2D eigenvalue weighted by Gasteiger charge is 2.42. The van der Waals surface area contributed by atoms with E-state index in [1.165, 1.54) is 13.2 Å². The summed E-state index contributed by atoms with van der Waals surface area (Å²) < 4.78 is 66.5. The first-order valence-corrected chi connectivity index (χ1v) is 13.4. The summed E-state index contributed by atoms with van der Waals surface area (Å²) in [6.07, 6.45) is -3.54. The Hall–Kier alpha value is -3.03. The third-order valence-corrected chi connectivity index (χ3v) is 7.96. The molecule has 0 radical (unpaired) electrons. The summed E-state index contributed by atoms with van der Waals surface area (Å²) in [5.41, 5.74) is 3.46. The van der Waals surface area contributed by atoms with Crippen molar-refractivity contribution >= 4 is 11.7 Å². The Labute approximate surface area is 228 Å². The van der Waals surface area contributed by atoms with Crippen molar-refractivity contribution in [3.63, 3.8) is 0 Å². The number of hydrogen-bond donors (Lipinski definition) is 0. The van der Waals surface area contributed by atoms with Gasteiger partial charge in [-0.2, -0.15) is 13.2 Å². The molecule has 1 aliphatic carbocycles. The van der Waals surface area contributed by atoms with Crippen molar-refractivity contribution in [3.8, 4) is 5.75 Å². The molecular formula is C31H37F4NO3. The monoisotopic (exact) mass is 547 g/mol. The van der Waals surface area contributed by atoms with Crippen LogP contribution in [0.1, 0.15) is 93.7 Å². The maximum atomic E-state index is 14.8. The van der Waals surface area contributed by atoms with Crippen LogP contribution in [0.2, 0.25) is 0 Å². The fourth-order valence-electron chi connectivity index (χ4n) is 5.72. The summed E-state index contributed by atoms with van der Waals surface area (Å²) in [7, 11) is 1.52. The third kappa shape index (κ3) is 5.94. The van der Waals surface area contributed by atoms with E-state index in [9.17, 15) is 22.4 Å². The van der Waals surface area contributed by atoms with Gasteiger partial charge in [0.1, 0.15) is 17.7 Å². The smallest absolute Gasteiger partial charge is 0.416 e. The first kappa shape index (κ1) is 29.0. The van der Waals surface area contributed by atoms with Gasteiger partial charge in [-0.05, 0) is 84.9 Å². The Morgan fingerprint density at radius 1 is 1.15 bits per heavy atom. The van der Waals surface area contributed by atoms with Crippen molar-refractivity contribution in [2.45, 2.75) is 85.0 Å².